The van der Waals surface area contributed by atoms with Crippen LogP contribution in [0.1, 0.15) is 25.8 Å². The van der Waals surface area contributed by atoms with E-state index in [0.29, 0.717) is 6.42 Å². The molecule has 2 unspecified atom stereocenters. The predicted molar refractivity (Wildman–Crippen MR) is 85.3 cm³/mol. The highest BCUT2D eigenvalue weighted by Gasteiger charge is 2.29. The lowest BCUT2D eigenvalue weighted by Gasteiger charge is -2.15. The van der Waals surface area contributed by atoms with E-state index >= 15 is 0 Å². The number of hydrogen-bond acceptors (Lipinski definition) is 3. The molecular formula is C17H19BrO3. The van der Waals surface area contributed by atoms with Crippen molar-refractivity contribution in [3.05, 3.63) is 47.5 Å². The summed E-state index contributed by atoms with van der Waals surface area (Å²) in [4.78, 5) is 23.6. The first-order valence-electron chi connectivity index (χ1n) is 7.09. The Labute approximate surface area is 133 Å². The first-order chi connectivity index (χ1) is 9.97. The molecule has 0 aliphatic heterocycles. The Morgan fingerprint density at radius 3 is 2.62 bits per heavy atom. The number of ether oxygens (including phenoxy) is 1. The van der Waals surface area contributed by atoms with Gasteiger partial charge in [0, 0.05) is 6.42 Å². The van der Waals surface area contributed by atoms with Crippen LogP contribution >= 0.6 is 15.9 Å². The molecule has 0 N–H and O–H groups in total. The van der Waals surface area contributed by atoms with Crippen LogP contribution in [0.15, 0.2) is 42.0 Å². The molecule has 0 fully saturated rings. The fraction of sp³-hybridized carbons (Fsp3) is 0.412. The van der Waals surface area contributed by atoms with Crippen LogP contribution in [0.25, 0.3) is 0 Å². The smallest absolute Gasteiger partial charge is 0.320 e. The molecular weight excluding hydrogens is 332 g/mol. The van der Waals surface area contributed by atoms with Crippen LogP contribution in [-0.4, -0.2) is 22.7 Å². The van der Waals surface area contributed by atoms with Crippen molar-refractivity contribution in [3.8, 4) is 0 Å². The molecule has 21 heavy (non-hydrogen) atoms. The lowest BCUT2D eigenvalue weighted by molar-refractivity contribution is -0.147. The SMILES string of the molecule is CC(C)C(Br)C(=O)OC1C=C(Cc2ccccc2)C(=O)C1. The molecule has 0 radical (unpaired) electrons. The molecule has 3 nitrogen and oxygen atoms in total. The number of halogens is 1. The summed E-state index contributed by atoms with van der Waals surface area (Å²) in [6.07, 6.45) is 2.21. The zero-order valence-electron chi connectivity index (χ0n) is 12.2. The van der Waals surface area contributed by atoms with Gasteiger partial charge < -0.3 is 4.74 Å². The van der Waals surface area contributed by atoms with E-state index in [-0.39, 0.29) is 28.9 Å². The van der Waals surface area contributed by atoms with Gasteiger partial charge in [-0.25, -0.2) is 0 Å². The van der Waals surface area contributed by atoms with E-state index in [1.54, 1.807) is 6.08 Å². The third-order valence-corrected chi connectivity index (χ3v) is 4.88. The van der Waals surface area contributed by atoms with E-state index in [1.807, 2.05) is 44.2 Å². The number of allylic oxidation sites excluding steroid dienone is 1. The summed E-state index contributed by atoms with van der Waals surface area (Å²) in [5.41, 5.74) is 1.82. The van der Waals surface area contributed by atoms with Gasteiger partial charge in [0.25, 0.3) is 0 Å². The van der Waals surface area contributed by atoms with Crippen molar-refractivity contribution in [3.63, 3.8) is 0 Å². The van der Waals surface area contributed by atoms with Crippen LogP contribution < -0.4 is 0 Å². The van der Waals surface area contributed by atoms with Crippen molar-refractivity contribution in [1.29, 1.82) is 0 Å². The summed E-state index contributed by atoms with van der Waals surface area (Å²) < 4.78 is 5.39. The molecule has 0 saturated carbocycles. The number of carbonyl (C=O) groups excluding carboxylic acids is 2. The van der Waals surface area contributed by atoms with Gasteiger partial charge in [0.05, 0.1) is 6.42 Å². The number of alkyl halides is 1. The number of rotatable bonds is 5. The van der Waals surface area contributed by atoms with Crippen molar-refractivity contribution >= 4 is 27.7 Å². The van der Waals surface area contributed by atoms with Crippen molar-refractivity contribution in [1.82, 2.24) is 0 Å². The summed E-state index contributed by atoms with van der Waals surface area (Å²) in [5.74, 6) is -0.0882. The lowest BCUT2D eigenvalue weighted by Crippen LogP contribution is -2.26. The minimum atomic E-state index is -0.428. The van der Waals surface area contributed by atoms with Crippen LogP contribution in [0.4, 0.5) is 0 Å². The zero-order valence-corrected chi connectivity index (χ0v) is 13.8. The van der Waals surface area contributed by atoms with Gasteiger partial charge >= 0.3 is 5.97 Å². The summed E-state index contributed by atoms with van der Waals surface area (Å²) in [5, 5.41) is 0. The topological polar surface area (TPSA) is 43.4 Å². The summed E-state index contributed by atoms with van der Waals surface area (Å²) in [6.45, 7) is 3.88. The third-order valence-electron chi connectivity index (χ3n) is 3.45. The van der Waals surface area contributed by atoms with Crippen LogP contribution in [0, 0.1) is 5.92 Å². The molecule has 0 aromatic heterocycles. The standard InChI is InChI=1S/C17H19BrO3/c1-11(2)16(18)17(20)21-14-9-13(15(19)10-14)8-12-6-4-3-5-7-12/h3-7,9,11,14,16H,8,10H2,1-2H3. The van der Waals surface area contributed by atoms with Crippen LogP contribution in [0.3, 0.4) is 0 Å². The van der Waals surface area contributed by atoms with E-state index < -0.39 is 6.10 Å². The molecule has 2 rings (SSSR count). The van der Waals surface area contributed by atoms with Crippen LogP contribution in [0.5, 0.6) is 0 Å². The second-order valence-electron chi connectivity index (χ2n) is 5.60. The van der Waals surface area contributed by atoms with E-state index in [4.69, 9.17) is 4.74 Å². The van der Waals surface area contributed by atoms with Crippen LogP contribution in [0.2, 0.25) is 0 Å². The van der Waals surface area contributed by atoms with Crippen molar-refractivity contribution in [2.45, 2.75) is 37.6 Å². The van der Waals surface area contributed by atoms with Gasteiger partial charge in [0.1, 0.15) is 10.9 Å². The highest BCUT2D eigenvalue weighted by molar-refractivity contribution is 9.10. The van der Waals surface area contributed by atoms with E-state index in [9.17, 15) is 9.59 Å². The molecule has 1 aromatic rings. The van der Waals surface area contributed by atoms with Gasteiger partial charge in [-0.3, -0.25) is 9.59 Å². The zero-order chi connectivity index (χ0) is 15.4. The van der Waals surface area contributed by atoms with Crippen molar-refractivity contribution in [2.75, 3.05) is 0 Å². The fourth-order valence-electron chi connectivity index (χ4n) is 2.23. The Kier molecular flexibility index (Phi) is 5.34. The summed E-state index contributed by atoms with van der Waals surface area (Å²) in [7, 11) is 0. The lowest BCUT2D eigenvalue weighted by atomic mass is 10.0. The molecule has 0 spiro atoms. The van der Waals surface area contributed by atoms with E-state index in [2.05, 4.69) is 15.9 Å². The predicted octanol–water partition coefficient (Wildman–Crippen LogP) is 3.46. The Bertz CT molecular complexity index is 548. The Balaban J connectivity index is 1.98. The van der Waals surface area contributed by atoms with E-state index in [1.165, 1.54) is 0 Å². The van der Waals surface area contributed by atoms with Gasteiger partial charge in [0.15, 0.2) is 5.78 Å². The van der Waals surface area contributed by atoms with Gasteiger partial charge in [-0.05, 0) is 23.1 Å². The van der Waals surface area contributed by atoms with Crippen molar-refractivity contribution in [2.24, 2.45) is 5.92 Å². The van der Waals surface area contributed by atoms with Crippen LogP contribution in [-0.2, 0) is 20.7 Å². The maximum Gasteiger partial charge on any atom is 0.320 e. The Morgan fingerprint density at radius 1 is 1.33 bits per heavy atom. The van der Waals surface area contributed by atoms with Gasteiger partial charge in [-0.15, -0.1) is 0 Å². The van der Waals surface area contributed by atoms with Crippen molar-refractivity contribution < 1.29 is 14.3 Å². The number of carbonyl (C=O) groups is 2. The maximum absolute atomic E-state index is 12.0. The average molecular weight is 351 g/mol. The van der Waals surface area contributed by atoms with Gasteiger partial charge in [0.2, 0.25) is 0 Å². The molecule has 1 aliphatic rings. The number of hydrogen-bond donors (Lipinski definition) is 0. The first-order valence-corrected chi connectivity index (χ1v) is 8.01. The Hall–Kier alpha value is -1.42. The minimum Gasteiger partial charge on any atom is -0.457 e. The maximum atomic E-state index is 12.0. The largest absolute Gasteiger partial charge is 0.457 e. The monoisotopic (exact) mass is 350 g/mol. The first kappa shape index (κ1) is 16.0. The third kappa shape index (κ3) is 4.27. The number of ketones is 1. The van der Waals surface area contributed by atoms with Gasteiger partial charge in [-0.1, -0.05) is 60.1 Å². The molecule has 0 bridgehead atoms. The number of benzene rings is 1. The quantitative estimate of drug-likeness (QED) is 0.603. The molecule has 0 heterocycles. The normalized spacial score (nSPS) is 19.5. The number of esters is 1. The molecule has 112 valence electrons. The molecule has 1 aliphatic carbocycles. The summed E-state index contributed by atoms with van der Waals surface area (Å²) >= 11 is 3.32. The van der Waals surface area contributed by atoms with E-state index in [0.717, 1.165) is 11.1 Å². The molecule has 0 saturated heterocycles. The molecule has 1 aromatic carbocycles. The second-order valence-corrected chi connectivity index (χ2v) is 6.59. The molecule has 4 heteroatoms. The second kappa shape index (κ2) is 7.03. The van der Waals surface area contributed by atoms with Gasteiger partial charge in [-0.2, -0.15) is 0 Å². The number of Topliss-reactive ketones (excluding diaryl/α,β-unsaturated/α-hetero) is 1. The average Bonchev–Trinajstić information content (AvgIpc) is 2.78. The highest BCUT2D eigenvalue weighted by Crippen LogP contribution is 2.23. The molecule has 0 amide bonds. The molecule has 2 atom stereocenters. The fourth-order valence-corrected chi connectivity index (χ4v) is 2.33. The Morgan fingerprint density at radius 2 is 2.00 bits per heavy atom. The minimum absolute atomic E-state index is 0.0623. The highest BCUT2D eigenvalue weighted by atomic mass is 79.9. The summed E-state index contributed by atoms with van der Waals surface area (Å²) in [6, 6.07) is 9.82.